The van der Waals surface area contributed by atoms with Crippen molar-refractivity contribution >= 4 is 11.8 Å². The lowest BCUT2D eigenvalue weighted by atomic mass is 9.98. The molecule has 1 aliphatic heterocycles. The molecule has 0 radical (unpaired) electrons. The summed E-state index contributed by atoms with van der Waals surface area (Å²) >= 11 is 2.07. The maximum absolute atomic E-state index is 9.08. The summed E-state index contributed by atoms with van der Waals surface area (Å²) in [4.78, 5) is 0. The van der Waals surface area contributed by atoms with Crippen LogP contribution in [0.5, 0.6) is 0 Å². The molecule has 0 aliphatic carbocycles. The molecule has 2 atom stereocenters. The average molecular weight is 174 g/mol. The SMILES string of the molecule is C[C@@H](O)CCC1CCCSC1. The van der Waals surface area contributed by atoms with Gasteiger partial charge in [-0.3, -0.25) is 0 Å². The van der Waals surface area contributed by atoms with Crippen LogP contribution in [0.15, 0.2) is 0 Å². The summed E-state index contributed by atoms with van der Waals surface area (Å²) in [6, 6.07) is 0. The third-order valence-corrected chi connectivity index (χ3v) is 3.53. The van der Waals surface area contributed by atoms with E-state index in [1.807, 2.05) is 6.92 Å². The van der Waals surface area contributed by atoms with E-state index in [1.54, 1.807) is 0 Å². The predicted octanol–water partition coefficient (Wildman–Crippen LogP) is 2.29. The van der Waals surface area contributed by atoms with E-state index in [1.165, 1.54) is 30.8 Å². The molecule has 1 heterocycles. The molecule has 0 aromatic rings. The lowest BCUT2D eigenvalue weighted by molar-refractivity contribution is 0.174. The van der Waals surface area contributed by atoms with Crippen LogP contribution < -0.4 is 0 Å². The highest BCUT2D eigenvalue weighted by Crippen LogP contribution is 2.26. The van der Waals surface area contributed by atoms with Gasteiger partial charge in [-0.25, -0.2) is 0 Å². The van der Waals surface area contributed by atoms with Crippen LogP contribution in [0.3, 0.4) is 0 Å². The third kappa shape index (κ3) is 4.02. The van der Waals surface area contributed by atoms with Gasteiger partial charge < -0.3 is 5.11 Å². The maximum atomic E-state index is 9.08. The highest BCUT2D eigenvalue weighted by atomic mass is 32.2. The molecule has 1 rings (SSSR count). The molecular formula is C9H18OS. The predicted molar refractivity (Wildman–Crippen MR) is 51.0 cm³/mol. The van der Waals surface area contributed by atoms with Crippen molar-refractivity contribution in [1.82, 2.24) is 0 Å². The summed E-state index contributed by atoms with van der Waals surface area (Å²) in [7, 11) is 0. The van der Waals surface area contributed by atoms with Crippen LogP contribution in [0.25, 0.3) is 0 Å². The molecule has 1 nitrogen and oxygen atoms in total. The van der Waals surface area contributed by atoms with E-state index >= 15 is 0 Å². The van der Waals surface area contributed by atoms with Gasteiger partial charge >= 0.3 is 0 Å². The van der Waals surface area contributed by atoms with Crippen molar-refractivity contribution in [1.29, 1.82) is 0 Å². The van der Waals surface area contributed by atoms with Crippen LogP contribution >= 0.6 is 11.8 Å². The normalized spacial score (nSPS) is 28.4. The van der Waals surface area contributed by atoms with E-state index < -0.39 is 0 Å². The van der Waals surface area contributed by atoms with Crippen LogP contribution in [0, 0.1) is 5.92 Å². The third-order valence-electron chi connectivity index (χ3n) is 2.25. The maximum Gasteiger partial charge on any atom is 0.0512 e. The summed E-state index contributed by atoms with van der Waals surface area (Å²) in [6.07, 6.45) is 4.90. The van der Waals surface area contributed by atoms with Crippen molar-refractivity contribution in [3.8, 4) is 0 Å². The second-order valence-corrected chi connectivity index (χ2v) is 4.66. The lowest BCUT2D eigenvalue weighted by Gasteiger charge is -2.21. The van der Waals surface area contributed by atoms with Crippen molar-refractivity contribution < 1.29 is 5.11 Å². The molecule has 2 heteroatoms. The first kappa shape index (κ1) is 9.40. The summed E-state index contributed by atoms with van der Waals surface area (Å²) in [5.74, 6) is 3.57. The molecule has 0 aromatic carbocycles. The highest BCUT2D eigenvalue weighted by molar-refractivity contribution is 7.99. The van der Waals surface area contributed by atoms with Gasteiger partial charge in [0.25, 0.3) is 0 Å². The quantitative estimate of drug-likeness (QED) is 0.708. The molecule has 11 heavy (non-hydrogen) atoms. The molecule has 1 saturated heterocycles. The Labute approximate surface area is 73.6 Å². The van der Waals surface area contributed by atoms with E-state index in [4.69, 9.17) is 5.11 Å². The number of aliphatic hydroxyl groups is 1. The van der Waals surface area contributed by atoms with E-state index in [-0.39, 0.29) is 6.10 Å². The highest BCUT2D eigenvalue weighted by Gasteiger charge is 2.13. The van der Waals surface area contributed by atoms with Gasteiger partial charge in [-0.05, 0) is 50.0 Å². The fourth-order valence-electron chi connectivity index (χ4n) is 1.51. The van der Waals surface area contributed by atoms with Gasteiger partial charge in [0.2, 0.25) is 0 Å². The Morgan fingerprint density at radius 3 is 3.00 bits per heavy atom. The molecule has 0 saturated carbocycles. The summed E-state index contributed by atoms with van der Waals surface area (Å²) in [5, 5.41) is 9.08. The van der Waals surface area contributed by atoms with Crippen LogP contribution in [0.4, 0.5) is 0 Å². The number of thioether (sulfide) groups is 1. The van der Waals surface area contributed by atoms with Gasteiger partial charge in [0, 0.05) is 0 Å². The largest absolute Gasteiger partial charge is 0.393 e. The fourth-order valence-corrected chi connectivity index (χ4v) is 2.72. The van der Waals surface area contributed by atoms with Crippen molar-refractivity contribution in [2.75, 3.05) is 11.5 Å². The van der Waals surface area contributed by atoms with Crippen LogP contribution in [-0.2, 0) is 0 Å². The average Bonchev–Trinajstić information content (AvgIpc) is 2.03. The smallest absolute Gasteiger partial charge is 0.0512 e. The molecule has 0 amide bonds. The van der Waals surface area contributed by atoms with Crippen molar-refractivity contribution in [2.45, 2.75) is 38.7 Å². The Bertz CT molecular complexity index is 97.7. The van der Waals surface area contributed by atoms with E-state index in [2.05, 4.69) is 11.8 Å². The summed E-state index contributed by atoms with van der Waals surface area (Å²) in [5.41, 5.74) is 0. The van der Waals surface area contributed by atoms with Crippen molar-refractivity contribution in [3.05, 3.63) is 0 Å². The minimum Gasteiger partial charge on any atom is -0.393 e. The Morgan fingerprint density at radius 1 is 1.64 bits per heavy atom. The Morgan fingerprint density at radius 2 is 2.45 bits per heavy atom. The van der Waals surface area contributed by atoms with Gasteiger partial charge in [0.15, 0.2) is 0 Å². The van der Waals surface area contributed by atoms with Crippen molar-refractivity contribution in [2.24, 2.45) is 5.92 Å². The molecule has 1 fully saturated rings. The van der Waals surface area contributed by atoms with E-state index in [0.717, 1.165) is 12.3 Å². The van der Waals surface area contributed by atoms with E-state index in [9.17, 15) is 0 Å². The molecular weight excluding hydrogens is 156 g/mol. The Kier molecular flexibility index (Phi) is 4.31. The standard InChI is InChI=1S/C9H18OS/c1-8(10)4-5-9-3-2-6-11-7-9/h8-10H,2-7H2,1H3/t8-,9?/m1/s1. The number of hydrogen-bond acceptors (Lipinski definition) is 2. The van der Waals surface area contributed by atoms with Gasteiger partial charge in [0.05, 0.1) is 6.10 Å². The van der Waals surface area contributed by atoms with Crippen LogP contribution in [0.1, 0.15) is 32.6 Å². The second kappa shape index (κ2) is 5.04. The van der Waals surface area contributed by atoms with Crippen molar-refractivity contribution in [3.63, 3.8) is 0 Å². The lowest BCUT2D eigenvalue weighted by Crippen LogP contribution is -2.12. The zero-order chi connectivity index (χ0) is 8.10. The molecule has 1 aliphatic rings. The van der Waals surface area contributed by atoms with Gasteiger partial charge in [-0.1, -0.05) is 0 Å². The molecule has 0 aromatic heterocycles. The second-order valence-electron chi connectivity index (χ2n) is 3.51. The summed E-state index contributed by atoms with van der Waals surface area (Å²) in [6.45, 7) is 1.88. The minimum atomic E-state index is -0.0954. The fraction of sp³-hybridized carbons (Fsp3) is 1.00. The molecule has 66 valence electrons. The zero-order valence-corrected chi connectivity index (χ0v) is 8.07. The van der Waals surface area contributed by atoms with E-state index in [0.29, 0.717) is 0 Å². The molecule has 1 unspecified atom stereocenters. The molecule has 0 spiro atoms. The topological polar surface area (TPSA) is 20.2 Å². The van der Waals surface area contributed by atoms with Gasteiger partial charge in [-0.15, -0.1) is 0 Å². The van der Waals surface area contributed by atoms with Gasteiger partial charge in [-0.2, -0.15) is 11.8 Å². The number of aliphatic hydroxyl groups excluding tert-OH is 1. The summed E-state index contributed by atoms with van der Waals surface area (Å²) < 4.78 is 0. The molecule has 1 N–H and O–H groups in total. The molecule has 0 bridgehead atoms. The zero-order valence-electron chi connectivity index (χ0n) is 7.25. The first-order chi connectivity index (χ1) is 5.29. The number of rotatable bonds is 3. The Hall–Kier alpha value is 0.310. The first-order valence-electron chi connectivity index (χ1n) is 4.55. The van der Waals surface area contributed by atoms with Crippen LogP contribution in [-0.4, -0.2) is 22.7 Å². The van der Waals surface area contributed by atoms with Gasteiger partial charge in [0.1, 0.15) is 0 Å². The van der Waals surface area contributed by atoms with Crippen LogP contribution in [0.2, 0.25) is 0 Å². The number of hydrogen-bond donors (Lipinski definition) is 1. The monoisotopic (exact) mass is 174 g/mol. The first-order valence-corrected chi connectivity index (χ1v) is 5.70. The minimum absolute atomic E-state index is 0.0954. The Balaban J connectivity index is 2.05.